The van der Waals surface area contributed by atoms with E-state index in [0.717, 1.165) is 36.2 Å². The van der Waals surface area contributed by atoms with Crippen LogP contribution in [0.5, 0.6) is 0 Å². The second-order valence-corrected chi connectivity index (χ2v) is 9.16. The SMILES string of the molecule is CC=C1C2C=C(C)CC1(N)c1ccc(CC(=O)C[C@@H](CN)CC(C)C)nc1C2. The fourth-order valence-corrected chi connectivity index (χ4v) is 5.20. The highest BCUT2D eigenvalue weighted by molar-refractivity contribution is 5.80. The first-order chi connectivity index (χ1) is 13.3. The maximum Gasteiger partial charge on any atom is 0.139 e. The molecule has 0 aromatic carbocycles. The first-order valence-electron chi connectivity index (χ1n) is 10.6. The highest BCUT2D eigenvalue weighted by Gasteiger charge is 2.44. The molecule has 0 saturated carbocycles. The maximum atomic E-state index is 12.6. The molecule has 2 aliphatic rings. The van der Waals surface area contributed by atoms with E-state index in [1.54, 1.807) is 0 Å². The number of pyridine rings is 1. The summed E-state index contributed by atoms with van der Waals surface area (Å²) in [6.45, 7) is 9.16. The van der Waals surface area contributed by atoms with Crippen molar-refractivity contribution in [2.75, 3.05) is 6.54 Å². The molecule has 0 aliphatic heterocycles. The molecule has 3 atom stereocenters. The Kier molecular flexibility index (Phi) is 6.21. The summed E-state index contributed by atoms with van der Waals surface area (Å²) >= 11 is 0. The Bertz CT molecular complexity index is 808. The lowest BCUT2D eigenvalue weighted by Crippen LogP contribution is -2.47. The van der Waals surface area contributed by atoms with E-state index in [1.165, 1.54) is 11.1 Å². The highest BCUT2D eigenvalue weighted by Crippen LogP contribution is 2.47. The lowest BCUT2D eigenvalue weighted by atomic mass is 9.63. The Labute approximate surface area is 169 Å². The zero-order valence-corrected chi connectivity index (χ0v) is 17.8. The molecule has 152 valence electrons. The molecule has 1 heterocycles. The number of hydrogen-bond acceptors (Lipinski definition) is 4. The van der Waals surface area contributed by atoms with Gasteiger partial charge in [-0.15, -0.1) is 0 Å². The largest absolute Gasteiger partial charge is 0.330 e. The average molecular weight is 382 g/mol. The molecule has 1 aromatic rings. The Hall–Kier alpha value is -1.78. The smallest absolute Gasteiger partial charge is 0.139 e. The zero-order valence-electron chi connectivity index (χ0n) is 17.8. The molecule has 2 aliphatic carbocycles. The second kappa shape index (κ2) is 8.30. The molecular weight excluding hydrogens is 346 g/mol. The summed E-state index contributed by atoms with van der Waals surface area (Å²) in [5.41, 5.74) is 18.0. The van der Waals surface area contributed by atoms with Gasteiger partial charge in [-0.1, -0.05) is 37.6 Å². The first-order valence-corrected chi connectivity index (χ1v) is 10.6. The molecule has 4 N–H and O–H groups in total. The lowest BCUT2D eigenvalue weighted by molar-refractivity contribution is -0.119. The number of rotatable bonds is 7. The molecule has 2 bridgehead atoms. The maximum absolute atomic E-state index is 12.6. The van der Waals surface area contributed by atoms with Crippen molar-refractivity contribution in [2.45, 2.75) is 65.3 Å². The van der Waals surface area contributed by atoms with Crippen LogP contribution in [0.25, 0.3) is 0 Å². The summed E-state index contributed by atoms with van der Waals surface area (Å²) in [4.78, 5) is 17.5. The first kappa shape index (κ1) is 20.9. The van der Waals surface area contributed by atoms with Crippen molar-refractivity contribution in [2.24, 2.45) is 29.2 Å². The van der Waals surface area contributed by atoms with Gasteiger partial charge in [-0.05, 0) is 62.3 Å². The molecule has 4 heteroatoms. The number of nitrogens with two attached hydrogens (primary N) is 2. The Morgan fingerprint density at radius 1 is 1.39 bits per heavy atom. The molecule has 0 amide bonds. The second-order valence-electron chi connectivity index (χ2n) is 9.16. The Morgan fingerprint density at radius 2 is 2.14 bits per heavy atom. The quantitative estimate of drug-likeness (QED) is 0.703. The van der Waals surface area contributed by atoms with Gasteiger partial charge in [-0.3, -0.25) is 9.78 Å². The van der Waals surface area contributed by atoms with E-state index in [-0.39, 0.29) is 11.7 Å². The Balaban J connectivity index is 1.79. The number of carbonyl (C=O) groups is 1. The number of Topliss-reactive ketones (excluding diaryl/α,β-unsaturated/α-hetero) is 1. The lowest BCUT2D eigenvalue weighted by Gasteiger charge is -2.45. The predicted molar refractivity (Wildman–Crippen MR) is 115 cm³/mol. The van der Waals surface area contributed by atoms with Crippen molar-refractivity contribution in [3.8, 4) is 0 Å². The number of allylic oxidation sites excluding steroid dienone is 2. The minimum Gasteiger partial charge on any atom is -0.330 e. The molecule has 2 unspecified atom stereocenters. The van der Waals surface area contributed by atoms with Crippen LogP contribution in [0.1, 0.15) is 63.9 Å². The van der Waals surface area contributed by atoms with Gasteiger partial charge in [-0.25, -0.2) is 0 Å². The van der Waals surface area contributed by atoms with Crippen LogP contribution < -0.4 is 11.5 Å². The van der Waals surface area contributed by atoms with Crippen LogP contribution in [0.3, 0.4) is 0 Å². The van der Waals surface area contributed by atoms with Crippen LogP contribution in [0.2, 0.25) is 0 Å². The van der Waals surface area contributed by atoms with Crippen molar-refractivity contribution in [1.29, 1.82) is 0 Å². The molecule has 0 radical (unpaired) electrons. The average Bonchev–Trinajstić information content (AvgIpc) is 2.59. The van der Waals surface area contributed by atoms with Gasteiger partial charge < -0.3 is 11.5 Å². The van der Waals surface area contributed by atoms with Crippen LogP contribution in [0.15, 0.2) is 35.4 Å². The summed E-state index contributed by atoms with van der Waals surface area (Å²) < 4.78 is 0. The predicted octanol–water partition coefficient (Wildman–Crippen LogP) is 3.83. The number of ketones is 1. The van der Waals surface area contributed by atoms with Crippen LogP contribution in [0, 0.1) is 17.8 Å². The van der Waals surface area contributed by atoms with Crippen molar-refractivity contribution >= 4 is 5.78 Å². The van der Waals surface area contributed by atoms with Crippen LogP contribution in [0.4, 0.5) is 0 Å². The third-order valence-corrected chi connectivity index (χ3v) is 6.23. The fraction of sp³-hybridized carbons (Fsp3) is 0.583. The van der Waals surface area contributed by atoms with E-state index in [0.29, 0.717) is 31.2 Å². The van der Waals surface area contributed by atoms with Gasteiger partial charge in [0.2, 0.25) is 0 Å². The molecule has 0 fully saturated rings. The van der Waals surface area contributed by atoms with E-state index in [9.17, 15) is 4.79 Å². The van der Waals surface area contributed by atoms with Gasteiger partial charge in [-0.2, -0.15) is 0 Å². The van der Waals surface area contributed by atoms with Gasteiger partial charge in [0.25, 0.3) is 0 Å². The van der Waals surface area contributed by atoms with Gasteiger partial charge in [0.15, 0.2) is 0 Å². The van der Waals surface area contributed by atoms with Gasteiger partial charge >= 0.3 is 0 Å². The molecule has 28 heavy (non-hydrogen) atoms. The van der Waals surface area contributed by atoms with Gasteiger partial charge in [0.05, 0.1) is 5.54 Å². The molecule has 0 spiro atoms. The van der Waals surface area contributed by atoms with Gasteiger partial charge in [0, 0.05) is 36.6 Å². The standard InChI is InChI=1S/C24H35N3O/c1-5-21-18-9-16(4)13-24(21,26)22-7-6-19(27-23(22)11-18)12-20(28)10-17(14-25)8-15(2)3/h5-7,9,15,17-18H,8,10-14,25-26H2,1-4H3/t17-,18?,24?/m0/s1. The number of fused-ring (bicyclic) bond motifs is 4. The fourth-order valence-electron chi connectivity index (χ4n) is 5.20. The van der Waals surface area contributed by atoms with Crippen LogP contribution >= 0.6 is 0 Å². The summed E-state index contributed by atoms with van der Waals surface area (Å²) in [5.74, 6) is 1.37. The minimum absolute atomic E-state index is 0.229. The van der Waals surface area contributed by atoms with Crippen molar-refractivity contribution in [3.05, 3.63) is 52.4 Å². The van der Waals surface area contributed by atoms with E-state index in [4.69, 9.17) is 16.5 Å². The van der Waals surface area contributed by atoms with Crippen molar-refractivity contribution in [1.82, 2.24) is 4.98 Å². The molecular formula is C24H35N3O. The summed E-state index contributed by atoms with van der Waals surface area (Å²) in [6.07, 6.45) is 8.14. The number of hydrogen-bond donors (Lipinski definition) is 2. The van der Waals surface area contributed by atoms with Crippen LogP contribution in [-0.4, -0.2) is 17.3 Å². The van der Waals surface area contributed by atoms with Crippen LogP contribution in [-0.2, 0) is 23.2 Å². The molecule has 3 rings (SSSR count). The van der Waals surface area contributed by atoms with E-state index in [2.05, 4.69) is 45.9 Å². The number of nitrogens with zero attached hydrogens (tertiary/aromatic N) is 1. The minimum atomic E-state index is -0.455. The number of aromatic nitrogens is 1. The topological polar surface area (TPSA) is 82.0 Å². The molecule has 4 nitrogen and oxygen atoms in total. The normalized spacial score (nSPS) is 26.2. The molecule has 1 aromatic heterocycles. The zero-order chi connectivity index (χ0) is 20.5. The third-order valence-electron chi connectivity index (χ3n) is 6.23. The monoisotopic (exact) mass is 381 g/mol. The summed E-state index contributed by atoms with van der Waals surface area (Å²) in [6, 6.07) is 4.10. The highest BCUT2D eigenvalue weighted by atomic mass is 16.1. The number of carbonyl (C=O) groups excluding carboxylic acids is 1. The summed E-state index contributed by atoms with van der Waals surface area (Å²) in [7, 11) is 0. The third kappa shape index (κ3) is 4.13. The van der Waals surface area contributed by atoms with E-state index >= 15 is 0 Å². The van der Waals surface area contributed by atoms with E-state index < -0.39 is 5.54 Å². The van der Waals surface area contributed by atoms with Crippen molar-refractivity contribution in [3.63, 3.8) is 0 Å². The molecule has 0 saturated heterocycles. The van der Waals surface area contributed by atoms with Gasteiger partial charge in [0.1, 0.15) is 5.78 Å². The van der Waals surface area contributed by atoms with Crippen molar-refractivity contribution < 1.29 is 4.79 Å². The van der Waals surface area contributed by atoms with E-state index in [1.807, 2.05) is 6.07 Å². The summed E-state index contributed by atoms with van der Waals surface area (Å²) in [5, 5.41) is 0. The Morgan fingerprint density at radius 3 is 2.79 bits per heavy atom.